The van der Waals surface area contributed by atoms with E-state index in [9.17, 15) is 18.0 Å². The average molecular weight is 393 g/mol. The number of rotatable bonds is 8. The van der Waals surface area contributed by atoms with Gasteiger partial charge in [-0.3, -0.25) is 9.78 Å². The zero-order valence-corrected chi connectivity index (χ0v) is 15.3. The van der Waals surface area contributed by atoms with Crippen molar-refractivity contribution in [2.45, 2.75) is 44.8 Å². The summed E-state index contributed by atoms with van der Waals surface area (Å²) in [5, 5.41) is 3.32. The van der Waals surface area contributed by atoms with E-state index in [-0.39, 0.29) is 24.2 Å². The third-order valence-corrected chi connectivity index (χ3v) is 4.62. The summed E-state index contributed by atoms with van der Waals surface area (Å²) in [6, 6.07) is 11.6. The van der Waals surface area contributed by atoms with Gasteiger partial charge in [-0.2, -0.15) is 0 Å². The zero-order chi connectivity index (χ0) is 20.0. The summed E-state index contributed by atoms with van der Waals surface area (Å²) in [5.41, 5.74) is 1.56. The molecule has 2 heterocycles. The Kier molecular flexibility index (Phi) is 6.51. The van der Waals surface area contributed by atoms with Crippen LogP contribution in [0.2, 0.25) is 0 Å². The number of likely N-dealkylation sites (tertiary alicyclic amines) is 1. The second-order valence-corrected chi connectivity index (χ2v) is 6.70. The van der Waals surface area contributed by atoms with E-state index in [1.165, 1.54) is 18.2 Å². The van der Waals surface area contributed by atoms with Crippen LogP contribution in [0.15, 0.2) is 48.7 Å². The van der Waals surface area contributed by atoms with Crippen molar-refractivity contribution in [3.8, 4) is 5.75 Å². The third-order valence-electron chi connectivity index (χ3n) is 4.62. The van der Waals surface area contributed by atoms with Crippen molar-refractivity contribution in [1.29, 1.82) is 0 Å². The van der Waals surface area contributed by atoms with E-state index in [1.807, 2.05) is 18.2 Å². The molecule has 5 nitrogen and oxygen atoms in total. The first kappa shape index (κ1) is 20.1. The van der Waals surface area contributed by atoms with E-state index >= 15 is 0 Å². The van der Waals surface area contributed by atoms with Crippen molar-refractivity contribution in [2.75, 3.05) is 6.54 Å². The van der Waals surface area contributed by atoms with Crippen molar-refractivity contribution >= 4 is 5.91 Å². The van der Waals surface area contributed by atoms with E-state index in [2.05, 4.69) is 15.0 Å². The number of halogens is 3. The standard InChI is InChI=1S/C20H22F3N3O2/c21-20(22,23)28-18-6-3-4-15(12-18)14-26-17(7-8-19(26)27)9-11-24-13-16-5-1-2-10-25-16/h1-6,10,12,17,24H,7-9,11,13-14H2. The van der Waals surface area contributed by atoms with Gasteiger partial charge in [0.15, 0.2) is 0 Å². The lowest BCUT2D eigenvalue weighted by Gasteiger charge is -2.25. The van der Waals surface area contributed by atoms with E-state index in [4.69, 9.17) is 0 Å². The molecule has 1 aromatic heterocycles. The van der Waals surface area contributed by atoms with Crippen molar-refractivity contribution in [3.05, 3.63) is 59.9 Å². The molecule has 0 spiro atoms. The maximum absolute atomic E-state index is 12.4. The number of carbonyl (C=O) groups excluding carboxylic acids is 1. The Balaban J connectivity index is 1.53. The first-order chi connectivity index (χ1) is 13.4. The zero-order valence-electron chi connectivity index (χ0n) is 15.3. The number of aromatic nitrogens is 1. The van der Waals surface area contributed by atoms with Gasteiger partial charge < -0.3 is 15.0 Å². The van der Waals surface area contributed by atoms with Gasteiger partial charge in [0, 0.05) is 31.7 Å². The second-order valence-electron chi connectivity index (χ2n) is 6.70. The minimum absolute atomic E-state index is 0.0249. The second kappa shape index (κ2) is 9.05. The largest absolute Gasteiger partial charge is 0.573 e. The average Bonchev–Trinajstić information content (AvgIpc) is 2.98. The summed E-state index contributed by atoms with van der Waals surface area (Å²) in [7, 11) is 0. The number of nitrogens with zero attached hydrogens (tertiary/aromatic N) is 2. The molecule has 8 heteroatoms. The number of amides is 1. The minimum Gasteiger partial charge on any atom is -0.406 e. The Morgan fingerprint density at radius 2 is 2.07 bits per heavy atom. The third kappa shape index (κ3) is 5.95. The van der Waals surface area contributed by atoms with Crippen molar-refractivity contribution < 1.29 is 22.7 Å². The quantitative estimate of drug-likeness (QED) is 0.696. The number of ether oxygens (including phenoxy) is 1. The first-order valence-corrected chi connectivity index (χ1v) is 9.15. The normalized spacial score (nSPS) is 17.2. The lowest BCUT2D eigenvalue weighted by Crippen LogP contribution is -2.34. The number of carbonyl (C=O) groups is 1. The van der Waals surface area contributed by atoms with Crippen LogP contribution in [0.5, 0.6) is 5.75 Å². The summed E-state index contributed by atoms with van der Waals surface area (Å²) in [4.78, 5) is 18.2. The van der Waals surface area contributed by atoms with Crippen molar-refractivity contribution in [1.82, 2.24) is 15.2 Å². The molecule has 1 fully saturated rings. The molecule has 1 saturated heterocycles. The van der Waals surface area contributed by atoms with Gasteiger partial charge in [-0.15, -0.1) is 13.2 Å². The first-order valence-electron chi connectivity index (χ1n) is 9.15. The topological polar surface area (TPSA) is 54.5 Å². The predicted octanol–water partition coefficient (Wildman–Crippen LogP) is 3.65. The summed E-state index contributed by atoms with van der Waals surface area (Å²) in [5.74, 6) is -0.248. The Hall–Kier alpha value is -2.61. The number of pyridine rings is 1. The molecule has 0 bridgehead atoms. The van der Waals surface area contributed by atoms with Crippen LogP contribution in [0.4, 0.5) is 13.2 Å². The van der Waals surface area contributed by atoms with Crippen LogP contribution in [0.3, 0.4) is 0 Å². The lowest BCUT2D eigenvalue weighted by atomic mass is 10.1. The van der Waals surface area contributed by atoms with Crippen LogP contribution in [0.1, 0.15) is 30.5 Å². The maximum atomic E-state index is 12.4. The van der Waals surface area contributed by atoms with Crippen LogP contribution in [-0.2, 0) is 17.9 Å². The Bertz CT molecular complexity index is 784. The van der Waals surface area contributed by atoms with E-state index in [0.29, 0.717) is 18.5 Å². The SMILES string of the molecule is O=C1CCC(CCNCc2ccccn2)N1Cc1cccc(OC(F)(F)F)c1. The van der Waals surface area contributed by atoms with Crippen LogP contribution < -0.4 is 10.1 Å². The van der Waals surface area contributed by atoms with Crippen molar-refractivity contribution in [2.24, 2.45) is 0 Å². The molecular formula is C20H22F3N3O2. The highest BCUT2D eigenvalue weighted by Crippen LogP contribution is 2.27. The van der Waals surface area contributed by atoms with E-state index in [1.54, 1.807) is 17.2 Å². The molecule has 1 amide bonds. The molecule has 3 rings (SSSR count). The van der Waals surface area contributed by atoms with Gasteiger partial charge in [0.2, 0.25) is 5.91 Å². The fourth-order valence-corrected chi connectivity index (χ4v) is 3.34. The van der Waals surface area contributed by atoms with Crippen molar-refractivity contribution in [3.63, 3.8) is 0 Å². The van der Waals surface area contributed by atoms with Crippen LogP contribution in [0, 0.1) is 0 Å². The van der Waals surface area contributed by atoms with Crippen LogP contribution >= 0.6 is 0 Å². The van der Waals surface area contributed by atoms with Crippen LogP contribution in [-0.4, -0.2) is 34.7 Å². The van der Waals surface area contributed by atoms with Gasteiger partial charge in [0.1, 0.15) is 5.75 Å². The summed E-state index contributed by atoms with van der Waals surface area (Å²) >= 11 is 0. The number of hydrogen-bond donors (Lipinski definition) is 1. The highest BCUT2D eigenvalue weighted by molar-refractivity contribution is 5.78. The summed E-state index contributed by atoms with van der Waals surface area (Å²) in [6.07, 6.45) is -1.00. The van der Waals surface area contributed by atoms with Gasteiger partial charge in [-0.1, -0.05) is 18.2 Å². The molecule has 2 aromatic rings. The monoisotopic (exact) mass is 393 g/mol. The highest BCUT2D eigenvalue weighted by Gasteiger charge is 2.32. The molecule has 0 saturated carbocycles. The molecule has 150 valence electrons. The molecule has 1 aromatic carbocycles. The van der Waals surface area contributed by atoms with Gasteiger partial charge in [0.25, 0.3) is 0 Å². The van der Waals surface area contributed by atoms with Gasteiger partial charge in [-0.05, 0) is 49.2 Å². The molecule has 1 unspecified atom stereocenters. The predicted molar refractivity (Wildman–Crippen MR) is 97.3 cm³/mol. The van der Waals surface area contributed by atoms with Gasteiger partial charge >= 0.3 is 6.36 Å². The fraction of sp³-hybridized carbons (Fsp3) is 0.400. The van der Waals surface area contributed by atoms with Gasteiger partial charge in [0.05, 0.1) is 5.69 Å². The molecule has 1 aliphatic rings. The Labute approximate surface area is 161 Å². The highest BCUT2D eigenvalue weighted by atomic mass is 19.4. The van der Waals surface area contributed by atoms with Crippen LogP contribution in [0.25, 0.3) is 0 Å². The number of nitrogens with one attached hydrogen (secondary N) is 1. The Morgan fingerprint density at radius 3 is 2.82 bits per heavy atom. The molecule has 1 aliphatic heterocycles. The Morgan fingerprint density at radius 1 is 1.21 bits per heavy atom. The fourth-order valence-electron chi connectivity index (χ4n) is 3.34. The molecule has 0 radical (unpaired) electrons. The van der Waals surface area contributed by atoms with E-state index < -0.39 is 6.36 Å². The lowest BCUT2D eigenvalue weighted by molar-refractivity contribution is -0.274. The molecular weight excluding hydrogens is 371 g/mol. The summed E-state index contributed by atoms with van der Waals surface area (Å²) in [6.45, 7) is 1.65. The maximum Gasteiger partial charge on any atom is 0.573 e. The molecule has 1 atom stereocenters. The van der Waals surface area contributed by atoms with Gasteiger partial charge in [-0.25, -0.2) is 0 Å². The smallest absolute Gasteiger partial charge is 0.406 e. The number of alkyl halides is 3. The minimum atomic E-state index is -4.73. The van der Waals surface area contributed by atoms with E-state index in [0.717, 1.165) is 25.1 Å². The molecule has 1 N–H and O–H groups in total. The molecule has 0 aliphatic carbocycles. The molecule has 28 heavy (non-hydrogen) atoms. The number of benzene rings is 1. The summed E-state index contributed by atoms with van der Waals surface area (Å²) < 4.78 is 41.2. The number of hydrogen-bond acceptors (Lipinski definition) is 4.